The molecule has 0 aliphatic heterocycles. The molecule has 0 spiro atoms. The van der Waals surface area contributed by atoms with Gasteiger partial charge in [0.05, 0.1) is 17.4 Å². The number of hydrogen-bond acceptors (Lipinski definition) is 4. The van der Waals surface area contributed by atoms with Gasteiger partial charge in [-0.2, -0.15) is 0 Å². The van der Waals surface area contributed by atoms with Crippen molar-refractivity contribution in [2.24, 2.45) is 11.3 Å². The van der Waals surface area contributed by atoms with Gasteiger partial charge in [0.1, 0.15) is 0 Å². The van der Waals surface area contributed by atoms with Gasteiger partial charge in [0, 0.05) is 6.04 Å². The number of rotatable bonds is 9. The van der Waals surface area contributed by atoms with Crippen molar-refractivity contribution in [3.05, 3.63) is 65.7 Å². The van der Waals surface area contributed by atoms with Gasteiger partial charge in [0.15, 0.2) is 0 Å². The van der Waals surface area contributed by atoms with Crippen LogP contribution < -0.4 is 4.72 Å². The highest BCUT2D eigenvalue weighted by Crippen LogP contribution is 2.32. The molecule has 30 heavy (non-hydrogen) atoms. The Morgan fingerprint density at radius 1 is 1.03 bits per heavy atom. The number of sulfonamides is 1. The summed E-state index contributed by atoms with van der Waals surface area (Å²) in [5.41, 5.74) is 1.70. The van der Waals surface area contributed by atoms with Gasteiger partial charge < -0.3 is 4.74 Å². The summed E-state index contributed by atoms with van der Waals surface area (Å²) in [5.74, 6) is -0.709. The van der Waals surface area contributed by atoms with Crippen LogP contribution in [0.1, 0.15) is 57.7 Å². The van der Waals surface area contributed by atoms with Crippen molar-refractivity contribution >= 4 is 16.0 Å². The van der Waals surface area contributed by atoms with E-state index in [9.17, 15) is 13.2 Å². The fourth-order valence-electron chi connectivity index (χ4n) is 3.46. The van der Waals surface area contributed by atoms with Crippen LogP contribution in [0.25, 0.3) is 0 Å². The molecular weight excluding hydrogens is 398 g/mol. The van der Waals surface area contributed by atoms with Crippen molar-refractivity contribution in [2.45, 2.75) is 58.4 Å². The number of hydrogen-bond donors (Lipinski definition) is 1. The summed E-state index contributed by atoms with van der Waals surface area (Å²) in [4.78, 5) is 12.9. The topological polar surface area (TPSA) is 72.5 Å². The lowest BCUT2D eigenvalue weighted by Crippen LogP contribution is -2.33. The van der Waals surface area contributed by atoms with Crippen molar-refractivity contribution in [1.29, 1.82) is 0 Å². The SMILES string of the molecule is CCOC(=O)[C@H](C[C@@H](NS(=O)(=O)c1ccc(C)cc1)c1ccccc1)CC(C)(C)C. The molecule has 0 radical (unpaired) electrons. The van der Waals surface area contributed by atoms with E-state index in [1.807, 2.05) is 37.3 Å². The molecule has 2 aromatic rings. The molecule has 1 N–H and O–H groups in total. The molecule has 0 aliphatic rings. The average molecular weight is 432 g/mol. The summed E-state index contributed by atoms with van der Waals surface area (Å²) in [7, 11) is -3.75. The van der Waals surface area contributed by atoms with Crippen LogP contribution in [-0.4, -0.2) is 21.0 Å². The summed E-state index contributed by atoms with van der Waals surface area (Å²) >= 11 is 0. The molecule has 0 saturated heterocycles. The zero-order valence-electron chi connectivity index (χ0n) is 18.5. The van der Waals surface area contributed by atoms with E-state index in [0.29, 0.717) is 19.4 Å². The summed E-state index contributed by atoms with van der Waals surface area (Å²) < 4.78 is 34.2. The molecule has 0 unspecified atom stereocenters. The molecule has 5 nitrogen and oxygen atoms in total. The summed E-state index contributed by atoms with van der Waals surface area (Å²) in [6, 6.07) is 15.6. The molecule has 0 heterocycles. The van der Waals surface area contributed by atoms with E-state index in [2.05, 4.69) is 25.5 Å². The Balaban J connectivity index is 2.36. The van der Waals surface area contributed by atoms with Crippen molar-refractivity contribution in [2.75, 3.05) is 6.61 Å². The Bertz CT molecular complexity index is 916. The minimum Gasteiger partial charge on any atom is -0.466 e. The van der Waals surface area contributed by atoms with Crippen LogP contribution in [0.2, 0.25) is 0 Å². The van der Waals surface area contributed by atoms with E-state index >= 15 is 0 Å². The Labute approximate surface area is 180 Å². The Morgan fingerprint density at radius 2 is 1.63 bits per heavy atom. The molecule has 2 atom stereocenters. The molecule has 0 aromatic heterocycles. The largest absolute Gasteiger partial charge is 0.466 e. The maximum absolute atomic E-state index is 13.1. The van der Waals surface area contributed by atoms with Gasteiger partial charge in [-0.1, -0.05) is 68.8 Å². The zero-order chi connectivity index (χ0) is 22.4. The van der Waals surface area contributed by atoms with Crippen LogP contribution in [0, 0.1) is 18.3 Å². The fourth-order valence-corrected chi connectivity index (χ4v) is 4.69. The van der Waals surface area contributed by atoms with E-state index in [0.717, 1.165) is 11.1 Å². The minimum absolute atomic E-state index is 0.103. The molecule has 0 aliphatic carbocycles. The van der Waals surface area contributed by atoms with Crippen molar-refractivity contribution in [3.8, 4) is 0 Å². The number of carbonyl (C=O) groups is 1. The first-order valence-electron chi connectivity index (χ1n) is 10.3. The number of carbonyl (C=O) groups excluding carboxylic acids is 1. The van der Waals surface area contributed by atoms with E-state index in [1.54, 1.807) is 31.2 Å². The monoisotopic (exact) mass is 431 g/mol. The molecule has 2 aromatic carbocycles. The average Bonchev–Trinajstić information content (AvgIpc) is 2.67. The maximum Gasteiger partial charge on any atom is 0.309 e. The van der Waals surface area contributed by atoms with Gasteiger partial charge in [-0.3, -0.25) is 4.79 Å². The number of aryl methyl sites for hydroxylation is 1. The summed E-state index contributed by atoms with van der Waals surface area (Å²) in [6.45, 7) is 10.2. The van der Waals surface area contributed by atoms with Gasteiger partial charge >= 0.3 is 5.97 Å². The van der Waals surface area contributed by atoms with Crippen LogP contribution >= 0.6 is 0 Å². The number of ether oxygens (including phenoxy) is 1. The van der Waals surface area contributed by atoms with Crippen LogP contribution in [0.15, 0.2) is 59.5 Å². The van der Waals surface area contributed by atoms with Gasteiger partial charge in [-0.25, -0.2) is 13.1 Å². The van der Waals surface area contributed by atoms with Crippen LogP contribution in [-0.2, 0) is 19.6 Å². The lowest BCUT2D eigenvalue weighted by Gasteiger charge is -2.28. The van der Waals surface area contributed by atoms with Gasteiger partial charge in [0.2, 0.25) is 10.0 Å². The van der Waals surface area contributed by atoms with E-state index < -0.39 is 22.0 Å². The number of esters is 1. The lowest BCUT2D eigenvalue weighted by atomic mass is 9.81. The van der Waals surface area contributed by atoms with Gasteiger partial charge in [0.25, 0.3) is 0 Å². The Hall–Kier alpha value is -2.18. The minimum atomic E-state index is -3.75. The van der Waals surface area contributed by atoms with E-state index in [4.69, 9.17) is 4.74 Å². The van der Waals surface area contributed by atoms with E-state index in [1.165, 1.54) is 0 Å². The fraction of sp³-hybridized carbons (Fsp3) is 0.458. The lowest BCUT2D eigenvalue weighted by molar-refractivity contribution is -0.149. The number of nitrogens with one attached hydrogen (secondary N) is 1. The first-order chi connectivity index (χ1) is 14.0. The second-order valence-electron chi connectivity index (χ2n) is 8.85. The maximum atomic E-state index is 13.1. The van der Waals surface area contributed by atoms with Crippen molar-refractivity contribution in [3.63, 3.8) is 0 Å². The van der Waals surface area contributed by atoms with Gasteiger partial charge in [-0.15, -0.1) is 0 Å². The highest BCUT2D eigenvalue weighted by Gasteiger charge is 2.31. The zero-order valence-corrected chi connectivity index (χ0v) is 19.3. The highest BCUT2D eigenvalue weighted by molar-refractivity contribution is 7.89. The molecule has 6 heteroatoms. The van der Waals surface area contributed by atoms with Crippen molar-refractivity contribution < 1.29 is 17.9 Å². The third kappa shape index (κ3) is 7.26. The van der Waals surface area contributed by atoms with E-state index in [-0.39, 0.29) is 16.3 Å². The normalized spacial score (nSPS) is 14.2. The first-order valence-corrected chi connectivity index (χ1v) is 11.8. The Kier molecular flexibility index (Phi) is 8.21. The molecule has 0 fully saturated rings. The standard InChI is InChI=1S/C24H33NO4S/c1-6-29-23(26)20(17-24(3,4)5)16-22(19-10-8-7-9-11-19)25-30(27,28)21-14-12-18(2)13-15-21/h7-15,20,22,25H,6,16-17H2,1-5H3/t20-,22-/m1/s1. The molecule has 0 saturated carbocycles. The first kappa shape index (κ1) is 24.1. The Morgan fingerprint density at radius 3 is 2.17 bits per heavy atom. The second-order valence-corrected chi connectivity index (χ2v) is 10.6. The summed E-state index contributed by atoms with van der Waals surface area (Å²) in [5, 5.41) is 0. The highest BCUT2D eigenvalue weighted by atomic mass is 32.2. The summed E-state index contributed by atoms with van der Waals surface area (Å²) in [6.07, 6.45) is 0.923. The van der Waals surface area contributed by atoms with Crippen LogP contribution in [0.4, 0.5) is 0 Å². The van der Waals surface area contributed by atoms with Gasteiger partial charge in [-0.05, 0) is 49.8 Å². The molecular formula is C24H33NO4S. The second kappa shape index (κ2) is 10.2. The predicted molar refractivity (Wildman–Crippen MR) is 119 cm³/mol. The third-order valence-electron chi connectivity index (χ3n) is 4.83. The third-order valence-corrected chi connectivity index (χ3v) is 6.32. The molecule has 164 valence electrons. The van der Waals surface area contributed by atoms with Crippen LogP contribution in [0.5, 0.6) is 0 Å². The van der Waals surface area contributed by atoms with Crippen LogP contribution in [0.3, 0.4) is 0 Å². The predicted octanol–water partition coefficient (Wildman–Crippen LogP) is 5.02. The molecule has 0 bridgehead atoms. The molecule has 0 amide bonds. The van der Waals surface area contributed by atoms with Crippen molar-refractivity contribution in [1.82, 2.24) is 4.72 Å². The number of benzene rings is 2. The molecule has 2 rings (SSSR count). The smallest absolute Gasteiger partial charge is 0.309 e. The quantitative estimate of drug-likeness (QED) is 0.566.